The molecule has 0 saturated carbocycles. The number of rotatable bonds is 22. The molecule has 0 aromatic rings. The lowest BCUT2D eigenvalue weighted by Crippen LogP contribution is -2.60. The van der Waals surface area contributed by atoms with Crippen molar-refractivity contribution in [3.63, 3.8) is 0 Å². The van der Waals surface area contributed by atoms with Crippen LogP contribution in [0.4, 0.5) is 0 Å². The summed E-state index contributed by atoms with van der Waals surface area (Å²) < 4.78 is 0. The Balaban J connectivity index is 3.21. The van der Waals surface area contributed by atoms with E-state index in [0.717, 1.165) is 0 Å². The third kappa shape index (κ3) is 14.8. The predicted molar refractivity (Wildman–Crippen MR) is 169 cm³/mol. The Morgan fingerprint density at radius 2 is 1.24 bits per heavy atom. The van der Waals surface area contributed by atoms with Crippen molar-refractivity contribution in [3.8, 4) is 0 Å². The van der Waals surface area contributed by atoms with Crippen molar-refractivity contribution in [2.45, 2.75) is 95.4 Å². The summed E-state index contributed by atoms with van der Waals surface area (Å²) in [5.41, 5.74) is 10.4. The summed E-state index contributed by atoms with van der Waals surface area (Å²) in [6.45, 7) is 1.94. The van der Waals surface area contributed by atoms with Gasteiger partial charge < -0.3 is 58.3 Å². The largest absolute Gasteiger partial charge is 0.481 e. The fourth-order valence-corrected chi connectivity index (χ4v) is 4.96. The second-order valence-electron chi connectivity index (χ2n) is 11.8. The number of nitrogens with one attached hydrogen (secondary N) is 5. The predicted octanol–water partition coefficient (Wildman–Crippen LogP) is -4.27. The van der Waals surface area contributed by atoms with Gasteiger partial charge in [0.1, 0.15) is 36.8 Å². The van der Waals surface area contributed by atoms with E-state index in [4.69, 9.17) is 21.7 Å². The number of primary amides is 1. The molecule has 1 rings (SSSR count). The average Bonchev–Trinajstić information content (AvgIpc) is 3.53. The maximum atomic E-state index is 13.8. The average molecular weight is 715 g/mol. The van der Waals surface area contributed by atoms with E-state index < -0.39 is 128 Å². The number of hydrogen-bond donors (Lipinski definition) is 10. The van der Waals surface area contributed by atoms with Crippen LogP contribution in [0.2, 0.25) is 0 Å². The first-order chi connectivity index (χ1) is 23.4. The lowest BCUT2D eigenvalue weighted by atomic mass is 10.0. The maximum absolute atomic E-state index is 13.8. The van der Waals surface area contributed by atoms with Crippen molar-refractivity contribution in [3.05, 3.63) is 0 Å². The van der Waals surface area contributed by atoms with Crippen molar-refractivity contribution >= 4 is 59.3 Å². The monoisotopic (exact) mass is 714 g/mol. The van der Waals surface area contributed by atoms with Gasteiger partial charge in [0.05, 0.1) is 6.54 Å². The number of carboxylic acids is 3. The molecule has 0 aromatic carbocycles. The van der Waals surface area contributed by atoms with Crippen molar-refractivity contribution in [1.82, 2.24) is 31.5 Å². The number of hydrogen-bond acceptors (Lipinski definition) is 11. The van der Waals surface area contributed by atoms with E-state index in [9.17, 15) is 53.1 Å². The summed E-state index contributed by atoms with van der Waals surface area (Å²) >= 11 is 0. The zero-order chi connectivity index (χ0) is 38.1. The third-order valence-corrected chi connectivity index (χ3v) is 7.56. The minimum Gasteiger partial charge on any atom is -0.481 e. The minimum absolute atomic E-state index is 0.0679. The Morgan fingerprint density at radius 1 is 0.720 bits per heavy atom. The Hall–Kier alpha value is -5.34. The van der Waals surface area contributed by atoms with Crippen molar-refractivity contribution in [2.75, 3.05) is 19.6 Å². The molecule has 12 N–H and O–H groups in total. The highest BCUT2D eigenvalue weighted by molar-refractivity contribution is 5.97. The van der Waals surface area contributed by atoms with Gasteiger partial charge in [-0.1, -0.05) is 13.8 Å². The standard InChI is InChI=1S/C29H46N8O13/c1-14(2)24(36-27(48)17(7-10-22(42)43)34-26(47)16(6-9-21(40)41)33-20(39)12-30)29(50)37-11-3-4-18(37)28(49)35-15(5-8-19(31)38)25(46)32-13-23(44)45/h14-18,24H,3-13,30H2,1-2H3,(H2,31,38)(H,32,46)(H,33,39)(H,34,47)(H,35,49)(H,36,48)(H,40,41)(H,42,43)(H,44,45)/t15-,16-,17-,18-,24-/m0/s1. The van der Waals surface area contributed by atoms with Gasteiger partial charge in [-0.15, -0.1) is 0 Å². The summed E-state index contributed by atoms with van der Waals surface area (Å²) in [6, 6.07) is -6.79. The number of carboxylic acid groups (broad SMARTS) is 3. The van der Waals surface area contributed by atoms with Crippen LogP contribution in [0, 0.1) is 5.92 Å². The van der Waals surface area contributed by atoms with E-state index in [1.807, 2.05) is 0 Å². The Labute approximate surface area is 286 Å². The molecule has 1 heterocycles. The topological polar surface area (TPSA) is 347 Å². The molecule has 0 radical (unpaired) electrons. The molecule has 0 unspecified atom stereocenters. The molecule has 1 aliphatic rings. The first kappa shape index (κ1) is 42.7. The van der Waals surface area contributed by atoms with E-state index in [-0.39, 0.29) is 32.2 Å². The van der Waals surface area contributed by atoms with E-state index in [2.05, 4.69) is 26.6 Å². The van der Waals surface area contributed by atoms with E-state index in [0.29, 0.717) is 6.42 Å². The Kier molecular flexibility index (Phi) is 17.8. The summed E-state index contributed by atoms with van der Waals surface area (Å²) in [5.74, 6) is -10.5. The smallest absolute Gasteiger partial charge is 0.322 e. The van der Waals surface area contributed by atoms with Crippen LogP contribution < -0.4 is 38.1 Å². The van der Waals surface area contributed by atoms with Gasteiger partial charge in [-0.05, 0) is 38.0 Å². The van der Waals surface area contributed by atoms with E-state index in [1.54, 1.807) is 13.8 Å². The molecule has 0 spiro atoms. The van der Waals surface area contributed by atoms with Gasteiger partial charge >= 0.3 is 17.9 Å². The van der Waals surface area contributed by atoms with Crippen LogP contribution >= 0.6 is 0 Å². The first-order valence-corrected chi connectivity index (χ1v) is 15.8. The van der Waals surface area contributed by atoms with E-state index >= 15 is 0 Å². The molecule has 7 amide bonds. The summed E-state index contributed by atoms with van der Waals surface area (Å²) in [6.07, 6.45) is -2.04. The summed E-state index contributed by atoms with van der Waals surface area (Å²) in [4.78, 5) is 124. The molecule has 1 fully saturated rings. The first-order valence-electron chi connectivity index (χ1n) is 15.8. The molecule has 50 heavy (non-hydrogen) atoms. The zero-order valence-electron chi connectivity index (χ0n) is 27.8. The SMILES string of the molecule is CC(C)[C@H](NC(=O)[C@H](CCC(=O)O)NC(=O)[C@H](CCC(=O)O)NC(=O)CN)C(=O)N1CCC[C@H]1C(=O)N[C@@H](CCC(N)=O)C(=O)NCC(=O)O. The highest BCUT2D eigenvalue weighted by Gasteiger charge is 2.40. The molecule has 0 bridgehead atoms. The molecule has 5 atom stereocenters. The molecular weight excluding hydrogens is 668 g/mol. The lowest BCUT2D eigenvalue weighted by molar-refractivity contribution is -0.144. The molecule has 1 aliphatic heterocycles. The fraction of sp³-hybridized carbons (Fsp3) is 0.655. The summed E-state index contributed by atoms with van der Waals surface area (Å²) in [5, 5.41) is 38.7. The van der Waals surface area contributed by atoms with Gasteiger partial charge in [0.25, 0.3) is 0 Å². The molecular formula is C29H46N8O13. The van der Waals surface area contributed by atoms with Crippen LogP contribution in [0.5, 0.6) is 0 Å². The number of amides is 7. The molecule has 1 saturated heterocycles. The number of carbonyl (C=O) groups is 10. The van der Waals surface area contributed by atoms with Gasteiger partial charge in [0.2, 0.25) is 41.4 Å². The van der Waals surface area contributed by atoms with Crippen molar-refractivity contribution in [1.29, 1.82) is 0 Å². The normalized spacial score (nSPS) is 16.2. The van der Waals surface area contributed by atoms with E-state index in [1.165, 1.54) is 4.90 Å². The molecule has 21 heteroatoms. The number of aliphatic carboxylic acids is 3. The Morgan fingerprint density at radius 3 is 1.74 bits per heavy atom. The molecule has 0 aromatic heterocycles. The molecule has 280 valence electrons. The van der Waals surface area contributed by atoms with Crippen LogP contribution in [0.25, 0.3) is 0 Å². The quantitative estimate of drug-likeness (QED) is 0.0508. The molecule has 0 aliphatic carbocycles. The fourth-order valence-electron chi connectivity index (χ4n) is 4.96. The van der Waals surface area contributed by atoms with Crippen LogP contribution in [-0.4, -0.2) is 129 Å². The second kappa shape index (κ2) is 20.9. The van der Waals surface area contributed by atoms with Crippen LogP contribution in [0.3, 0.4) is 0 Å². The molecule has 21 nitrogen and oxygen atoms in total. The van der Waals surface area contributed by atoms with Crippen LogP contribution in [0.1, 0.15) is 65.2 Å². The summed E-state index contributed by atoms with van der Waals surface area (Å²) in [7, 11) is 0. The van der Waals surface area contributed by atoms with Gasteiger partial charge in [-0.3, -0.25) is 47.9 Å². The zero-order valence-corrected chi connectivity index (χ0v) is 27.8. The van der Waals surface area contributed by atoms with Crippen LogP contribution in [-0.2, 0) is 47.9 Å². The number of likely N-dealkylation sites (tertiary alicyclic amines) is 1. The third-order valence-electron chi connectivity index (χ3n) is 7.56. The number of nitrogens with two attached hydrogens (primary N) is 2. The minimum atomic E-state index is -1.55. The van der Waals surface area contributed by atoms with Crippen molar-refractivity contribution < 1.29 is 63.3 Å². The number of carbonyl (C=O) groups excluding carboxylic acids is 7. The van der Waals surface area contributed by atoms with Gasteiger partial charge in [0.15, 0.2) is 0 Å². The van der Waals surface area contributed by atoms with Gasteiger partial charge in [-0.2, -0.15) is 0 Å². The van der Waals surface area contributed by atoms with Gasteiger partial charge in [-0.25, -0.2) is 0 Å². The lowest BCUT2D eigenvalue weighted by Gasteiger charge is -2.32. The second-order valence-corrected chi connectivity index (χ2v) is 11.8. The van der Waals surface area contributed by atoms with Gasteiger partial charge in [0, 0.05) is 25.8 Å². The highest BCUT2D eigenvalue weighted by atomic mass is 16.4. The van der Waals surface area contributed by atoms with Crippen LogP contribution in [0.15, 0.2) is 0 Å². The highest BCUT2D eigenvalue weighted by Crippen LogP contribution is 2.21. The number of nitrogens with zero attached hydrogens (tertiary/aromatic N) is 1. The maximum Gasteiger partial charge on any atom is 0.322 e. The van der Waals surface area contributed by atoms with Crippen molar-refractivity contribution in [2.24, 2.45) is 17.4 Å². The Bertz CT molecular complexity index is 1310.